The number of hydrogen-bond donors (Lipinski definition) is 1. The fraction of sp³-hybridized carbons (Fsp3) is 0.357. The van der Waals surface area contributed by atoms with Crippen molar-refractivity contribution in [3.63, 3.8) is 0 Å². The highest BCUT2D eigenvalue weighted by atomic mass is 19.1. The zero-order chi connectivity index (χ0) is 22.0. The molecule has 32 heavy (non-hydrogen) atoms. The van der Waals surface area contributed by atoms with Gasteiger partial charge in [-0.15, -0.1) is 0 Å². The molecule has 0 radical (unpaired) electrons. The molecule has 0 spiro atoms. The Kier molecular flexibility index (Phi) is 5.88. The molecule has 2 atom stereocenters. The Balaban J connectivity index is 1.31. The number of nitrogens with zero attached hydrogens (tertiary/aromatic N) is 1. The first-order chi connectivity index (χ1) is 15.6. The number of hydrogen-bond acceptors (Lipinski definition) is 3. The summed E-state index contributed by atoms with van der Waals surface area (Å²) in [6, 6.07) is 23.2. The molecule has 5 rings (SSSR count). The molecule has 166 valence electrons. The number of aromatic hydroxyl groups is 1. The van der Waals surface area contributed by atoms with E-state index in [-0.39, 0.29) is 17.3 Å². The van der Waals surface area contributed by atoms with Gasteiger partial charge in [-0.3, -0.25) is 4.90 Å². The SMILES string of the molecule is Oc1ccc2c(c1)[C@]1(CCCc3ccccc3)CCN(CCc3ccccc3F)C[C@@H]1O2. The van der Waals surface area contributed by atoms with Crippen LogP contribution in [0.4, 0.5) is 4.39 Å². The molecular formula is C28H30FNO2. The summed E-state index contributed by atoms with van der Waals surface area (Å²) in [6.07, 6.45) is 4.90. The van der Waals surface area contributed by atoms with Crippen molar-refractivity contribution in [1.82, 2.24) is 4.90 Å². The predicted molar refractivity (Wildman–Crippen MR) is 125 cm³/mol. The van der Waals surface area contributed by atoms with E-state index in [1.165, 1.54) is 11.6 Å². The standard InChI is InChI=1S/C28H30FNO2/c29-25-11-5-4-10-22(25)14-17-30-18-16-28(15-6-9-21-7-2-1-3-8-21)24-19-23(31)12-13-26(24)32-27(28)20-30/h1-5,7-8,10-13,19,27,31H,6,9,14-18,20H2/t27-,28-/m0/s1. The second-order valence-corrected chi connectivity index (χ2v) is 9.17. The number of piperidine rings is 1. The molecule has 4 heteroatoms. The fourth-order valence-corrected chi connectivity index (χ4v) is 5.50. The number of benzene rings is 3. The number of fused-ring (bicyclic) bond motifs is 3. The van der Waals surface area contributed by atoms with Crippen LogP contribution in [0, 0.1) is 5.82 Å². The Morgan fingerprint density at radius 3 is 2.66 bits per heavy atom. The molecule has 2 aliphatic rings. The maximum absolute atomic E-state index is 14.0. The third kappa shape index (κ3) is 4.12. The van der Waals surface area contributed by atoms with E-state index in [1.807, 2.05) is 24.3 Å². The second kappa shape index (κ2) is 8.95. The van der Waals surface area contributed by atoms with Crippen LogP contribution in [0.1, 0.15) is 36.0 Å². The van der Waals surface area contributed by atoms with Gasteiger partial charge in [-0.1, -0.05) is 48.5 Å². The smallest absolute Gasteiger partial charge is 0.126 e. The molecule has 0 aliphatic carbocycles. The Labute approximate surface area is 189 Å². The predicted octanol–water partition coefficient (Wildman–Crippen LogP) is 5.50. The molecular weight excluding hydrogens is 401 g/mol. The van der Waals surface area contributed by atoms with Crippen LogP contribution in [-0.4, -0.2) is 35.7 Å². The van der Waals surface area contributed by atoms with Crippen molar-refractivity contribution < 1.29 is 14.2 Å². The molecule has 0 aromatic heterocycles. The van der Waals surface area contributed by atoms with Crippen molar-refractivity contribution in [3.8, 4) is 11.5 Å². The first-order valence-corrected chi connectivity index (χ1v) is 11.6. The van der Waals surface area contributed by atoms with Gasteiger partial charge in [-0.25, -0.2) is 4.39 Å². The van der Waals surface area contributed by atoms with Crippen molar-refractivity contribution in [1.29, 1.82) is 0 Å². The van der Waals surface area contributed by atoms with Gasteiger partial charge in [-0.05, 0) is 74.0 Å². The largest absolute Gasteiger partial charge is 0.508 e. The van der Waals surface area contributed by atoms with Crippen LogP contribution in [0.3, 0.4) is 0 Å². The Morgan fingerprint density at radius 1 is 1.00 bits per heavy atom. The maximum atomic E-state index is 14.0. The van der Waals surface area contributed by atoms with Crippen LogP contribution < -0.4 is 4.74 Å². The summed E-state index contributed by atoms with van der Waals surface area (Å²) in [4.78, 5) is 2.40. The lowest BCUT2D eigenvalue weighted by Gasteiger charge is -2.43. The molecule has 1 fully saturated rings. The normalized spacial score (nSPS) is 22.2. The number of phenols is 1. The fourth-order valence-electron chi connectivity index (χ4n) is 5.50. The number of likely N-dealkylation sites (tertiary alicyclic amines) is 1. The first-order valence-electron chi connectivity index (χ1n) is 11.6. The van der Waals surface area contributed by atoms with Gasteiger partial charge in [0.2, 0.25) is 0 Å². The van der Waals surface area contributed by atoms with E-state index in [0.717, 1.165) is 62.2 Å². The van der Waals surface area contributed by atoms with E-state index in [0.29, 0.717) is 12.2 Å². The van der Waals surface area contributed by atoms with Crippen molar-refractivity contribution in [2.45, 2.75) is 43.6 Å². The molecule has 0 amide bonds. The molecule has 1 N–H and O–H groups in total. The van der Waals surface area contributed by atoms with Crippen molar-refractivity contribution in [2.75, 3.05) is 19.6 Å². The van der Waals surface area contributed by atoms with Gasteiger partial charge in [0.15, 0.2) is 0 Å². The summed E-state index contributed by atoms with van der Waals surface area (Å²) in [6.45, 7) is 2.60. The first kappa shape index (κ1) is 21.0. The third-order valence-electron chi connectivity index (χ3n) is 7.27. The van der Waals surface area contributed by atoms with E-state index in [1.54, 1.807) is 12.1 Å². The average molecular weight is 432 g/mol. The molecule has 2 aliphatic heterocycles. The summed E-state index contributed by atoms with van der Waals surface area (Å²) in [5, 5.41) is 10.2. The molecule has 1 saturated heterocycles. The van der Waals surface area contributed by atoms with Crippen LogP contribution in [0.25, 0.3) is 0 Å². The van der Waals surface area contributed by atoms with Gasteiger partial charge in [-0.2, -0.15) is 0 Å². The van der Waals surface area contributed by atoms with Crippen molar-refractivity contribution in [2.24, 2.45) is 0 Å². The monoisotopic (exact) mass is 431 g/mol. The molecule has 0 unspecified atom stereocenters. The number of halogens is 1. The molecule has 0 bridgehead atoms. The van der Waals surface area contributed by atoms with Gasteiger partial charge in [0.1, 0.15) is 23.4 Å². The number of ether oxygens (including phenoxy) is 1. The minimum absolute atomic E-state index is 0.0597. The molecule has 3 aromatic carbocycles. The van der Waals surface area contributed by atoms with Gasteiger partial charge in [0, 0.05) is 24.1 Å². The van der Waals surface area contributed by atoms with E-state index in [4.69, 9.17) is 4.74 Å². The molecule has 3 nitrogen and oxygen atoms in total. The molecule has 0 saturated carbocycles. The maximum Gasteiger partial charge on any atom is 0.126 e. The third-order valence-corrected chi connectivity index (χ3v) is 7.27. The Morgan fingerprint density at radius 2 is 1.81 bits per heavy atom. The summed E-state index contributed by atoms with van der Waals surface area (Å²) < 4.78 is 20.5. The number of rotatable bonds is 7. The second-order valence-electron chi connectivity index (χ2n) is 9.17. The van der Waals surface area contributed by atoms with Gasteiger partial charge >= 0.3 is 0 Å². The van der Waals surface area contributed by atoms with Crippen LogP contribution in [0.2, 0.25) is 0 Å². The average Bonchev–Trinajstić information content (AvgIpc) is 3.12. The number of aryl methyl sites for hydroxylation is 1. The van der Waals surface area contributed by atoms with Crippen molar-refractivity contribution in [3.05, 3.63) is 95.3 Å². The van der Waals surface area contributed by atoms with Crippen molar-refractivity contribution >= 4 is 0 Å². The van der Waals surface area contributed by atoms with Gasteiger partial charge in [0.25, 0.3) is 0 Å². The molecule has 3 aromatic rings. The summed E-state index contributed by atoms with van der Waals surface area (Å²) >= 11 is 0. The molecule has 2 heterocycles. The summed E-state index contributed by atoms with van der Waals surface area (Å²) in [5.41, 5.74) is 3.21. The lowest BCUT2D eigenvalue weighted by Crippen LogP contribution is -2.53. The highest BCUT2D eigenvalue weighted by molar-refractivity contribution is 5.49. The summed E-state index contributed by atoms with van der Waals surface area (Å²) in [5.74, 6) is 1.08. The minimum Gasteiger partial charge on any atom is -0.508 e. The van der Waals surface area contributed by atoms with E-state index in [2.05, 4.69) is 35.2 Å². The lowest BCUT2D eigenvalue weighted by molar-refractivity contribution is 0.0376. The topological polar surface area (TPSA) is 32.7 Å². The summed E-state index contributed by atoms with van der Waals surface area (Å²) in [7, 11) is 0. The Bertz CT molecular complexity index is 1070. The zero-order valence-corrected chi connectivity index (χ0v) is 18.3. The van der Waals surface area contributed by atoms with Gasteiger partial charge < -0.3 is 9.84 Å². The Hall–Kier alpha value is -2.85. The van der Waals surface area contributed by atoms with Crippen LogP contribution in [0.5, 0.6) is 11.5 Å². The van der Waals surface area contributed by atoms with E-state index >= 15 is 0 Å². The van der Waals surface area contributed by atoms with Crippen LogP contribution >= 0.6 is 0 Å². The number of phenolic OH excluding ortho intramolecular Hbond substituents is 1. The van der Waals surface area contributed by atoms with E-state index in [9.17, 15) is 9.50 Å². The highest BCUT2D eigenvalue weighted by Gasteiger charge is 2.51. The quantitative estimate of drug-likeness (QED) is 0.536. The zero-order valence-electron chi connectivity index (χ0n) is 18.3. The minimum atomic E-state index is -0.125. The van der Waals surface area contributed by atoms with Crippen LogP contribution in [0.15, 0.2) is 72.8 Å². The highest BCUT2D eigenvalue weighted by Crippen LogP contribution is 2.51. The van der Waals surface area contributed by atoms with Gasteiger partial charge in [0.05, 0.1) is 0 Å². The van der Waals surface area contributed by atoms with E-state index < -0.39 is 0 Å². The van der Waals surface area contributed by atoms with Crippen LogP contribution in [-0.2, 0) is 18.3 Å². The lowest BCUT2D eigenvalue weighted by atomic mass is 9.68.